The number of nitrogens with zero attached hydrogens (tertiary/aromatic N) is 1. The van der Waals surface area contributed by atoms with Gasteiger partial charge >= 0.3 is 0 Å². The molecule has 4 rings (SSSR count). The topological polar surface area (TPSA) is 33.5 Å². The second-order valence-corrected chi connectivity index (χ2v) is 6.30. The number of hydrogen-bond acceptors (Lipinski definition) is 2. The number of fused-ring (bicyclic) bond motifs is 1. The predicted octanol–water partition coefficient (Wildman–Crippen LogP) is 4.85. The molecule has 0 N–H and O–H groups in total. The largest absolute Gasteiger partial charge is 0.464 e. The minimum absolute atomic E-state index is 0.0528. The van der Waals surface area contributed by atoms with Gasteiger partial charge in [0.15, 0.2) is 0 Å². The van der Waals surface area contributed by atoms with Crippen molar-refractivity contribution in [3.63, 3.8) is 0 Å². The number of carbonyl (C=O) groups is 1. The Hall–Kier alpha value is -2.88. The Kier molecular flexibility index (Phi) is 3.88. The first-order valence-corrected chi connectivity index (χ1v) is 8.37. The van der Waals surface area contributed by atoms with Crippen molar-refractivity contribution in [3.8, 4) is 11.3 Å². The summed E-state index contributed by atoms with van der Waals surface area (Å²) in [6, 6.07) is 15.8. The maximum absolute atomic E-state index is 14.1. The molecule has 1 atom stereocenters. The highest BCUT2D eigenvalue weighted by Crippen LogP contribution is 2.31. The Morgan fingerprint density at radius 2 is 1.96 bits per heavy atom. The predicted molar refractivity (Wildman–Crippen MR) is 93.7 cm³/mol. The molecule has 0 bridgehead atoms. The molecule has 1 unspecified atom stereocenters. The molecule has 0 saturated heterocycles. The summed E-state index contributed by atoms with van der Waals surface area (Å²) in [7, 11) is 0. The van der Waals surface area contributed by atoms with Gasteiger partial charge in [-0.15, -0.1) is 0 Å². The van der Waals surface area contributed by atoms with Gasteiger partial charge in [0.2, 0.25) is 0 Å². The van der Waals surface area contributed by atoms with E-state index in [2.05, 4.69) is 0 Å². The summed E-state index contributed by atoms with van der Waals surface area (Å²) in [5, 5.41) is 0. The number of halogens is 1. The zero-order valence-corrected chi connectivity index (χ0v) is 13.9. The van der Waals surface area contributed by atoms with Crippen molar-refractivity contribution in [2.75, 3.05) is 6.54 Å². The lowest BCUT2D eigenvalue weighted by atomic mass is 9.94. The van der Waals surface area contributed by atoms with E-state index in [1.165, 1.54) is 6.07 Å². The summed E-state index contributed by atoms with van der Waals surface area (Å²) >= 11 is 0. The van der Waals surface area contributed by atoms with Gasteiger partial charge in [0.25, 0.3) is 5.91 Å². The van der Waals surface area contributed by atoms with Crippen molar-refractivity contribution in [2.24, 2.45) is 0 Å². The van der Waals surface area contributed by atoms with Gasteiger partial charge in [0, 0.05) is 23.2 Å². The van der Waals surface area contributed by atoms with Crippen molar-refractivity contribution < 1.29 is 13.6 Å². The quantitative estimate of drug-likeness (QED) is 0.686. The van der Waals surface area contributed by atoms with Crippen LogP contribution in [0.3, 0.4) is 0 Å². The zero-order valence-electron chi connectivity index (χ0n) is 13.9. The maximum atomic E-state index is 14.1. The van der Waals surface area contributed by atoms with Crippen LogP contribution in [0.15, 0.2) is 65.3 Å². The normalized spacial score (nSPS) is 15.1. The van der Waals surface area contributed by atoms with E-state index in [1.54, 1.807) is 29.4 Å². The van der Waals surface area contributed by atoms with Crippen molar-refractivity contribution >= 4 is 5.91 Å². The van der Waals surface area contributed by atoms with Crippen LogP contribution in [0.5, 0.6) is 0 Å². The maximum Gasteiger partial charge on any atom is 0.254 e. The number of rotatable bonds is 3. The Balaban J connectivity index is 1.64. The van der Waals surface area contributed by atoms with Gasteiger partial charge in [-0.2, -0.15) is 0 Å². The molecule has 126 valence electrons. The fourth-order valence-electron chi connectivity index (χ4n) is 3.45. The highest BCUT2D eigenvalue weighted by molar-refractivity contribution is 5.97. The first-order chi connectivity index (χ1) is 12.1. The van der Waals surface area contributed by atoms with E-state index in [-0.39, 0.29) is 17.8 Å². The lowest BCUT2D eigenvalue weighted by Crippen LogP contribution is -2.39. The number of carbonyl (C=O) groups excluding carboxylic acids is 1. The molecule has 1 aliphatic heterocycles. The highest BCUT2D eigenvalue weighted by Gasteiger charge is 2.29. The molecule has 1 amide bonds. The second kappa shape index (κ2) is 6.20. The van der Waals surface area contributed by atoms with E-state index in [9.17, 15) is 9.18 Å². The molecule has 0 spiro atoms. The lowest BCUT2D eigenvalue weighted by Gasteiger charge is -2.34. The van der Waals surface area contributed by atoms with Crippen LogP contribution in [-0.4, -0.2) is 17.4 Å². The van der Waals surface area contributed by atoms with Gasteiger partial charge in [-0.05, 0) is 49.2 Å². The average Bonchev–Trinajstić information content (AvgIpc) is 3.16. The van der Waals surface area contributed by atoms with Gasteiger partial charge in [0.05, 0.1) is 12.3 Å². The molecule has 3 nitrogen and oxygen atoms in total. The van der Waals surface area contributed by atoms with Crippen molar-refractivity contribution in [1.29, 1.82) is 0 Å². The number of hydrogen-bond donors (Lipinski definition) is 0. The third-order valence-corrected chi connectivity index (χ3v) is 4.85. The van der Waals surface area contributed by atoms with Crippen LogP contribution in [0.25, 0.3) is 11.3 Å². The number of benzene rings is 2. The number of amides is 1. The van der Waals surface area contributed by atoms with Crippen molar-refractivity contribution in [3.05, 3.63) is 83.4 Å². The molecule has 1 aliphatic rings. The van der Waals surface area contributed by atoms with Crippen molar-refractivity contribution in [2.45, 2.75) is 19.4 Å². The molecule has 1 aromatic heterocycles. The molecule has 25 heavy (non-hydrogen) atoms. The van der Waals surface area contributed by atoms with Crippen LogP contribution in [0, 0.1) is 5.82 Å². The molecule has 4 heteroatoms. The molecule has 0 radical (unpaired) electrons. The molecule has 0 fully saturated rings. The molecular formula is C21H18FNO2. The first kappa shape index (κ1) is 15.6. The lowest BCUT2D eigenvalue weighted by molar-refractivity contribution is 0.0670. The summed E-state index contributed by atoms with van der Waals surface area (Å²) < 4.78 is 19.5. The Morgan fingerprint density at radius 3 is 2.72 bits per heavy atom. The summed E-state index contributed by atoms with van der Waals surface area (Å²) in [6.45, 7) is 2.45. The summed E-state index contributed by atoms with van der Waals surface area (Å²) in [6.07, 6.45) is 2.38. The van der Waals surface area contributed by atoms with Crippen LogP contribution in [0.4, 0.5) is 4.39 Å². The molecule has 0 aliphatic carbocycles. The van der Waals surface area contributed by atoms with Crippen LogP contribution < -0.4 is 0 Å². The highest BCUT2D eigenvalue weighted by atomic mass is 19.1. The fourth-order valence-corrected chi connectivity index (χ4v) is 3.45. The molecule has 0 saturated carbocycles. The molecular weight excluding hydrogens is 317 g/mol. The smallest absolute Gasteiger partial charge is 0.254 e. The minimum Gasteiger partial charge on any atom is -0.464 e. The Morgan fingerprint density at radius 1 is 1.12 bits per heavy atom. The van der Waals surface area contributed by atoms with Crippen LogP contribution >= 0.6 is 0 Å². The van der Waals surface area contributed by atoms with Crippen LogP contribution in [-0.2, 0) is 6.42 Å². The molecule has 2 heterocycles. The van der Waals surface area contributed by atoms with E-state index < -0.39 is 0 Å². The van der Waals surface area contributed by atoms with E-state index in [0.717, 1.165) is 23.3 Å². The SMILES string of the molecule is CC(c1ccccc1F)N1CCc2cc(-c3ccco3)ccc2C1=O. The Labute approximate surface area is 145 Å². The standard InChI is InChI=1S/C21H18FNO2/c1-14(17-5-2-3-6-19(17)22)23-11-10-15-13-16(20-7-4-12-25-20)8-9-18(15)21(23)24/h2-9,12-14H,10-11H2,1H3. The minimum atomic E-state index is -0.299. The third-order valence-electron chi connectivity index (χ3n) is 4.85. The second-order valence-electron chi connectivity index (χ2n) is 6.30. The van der Waals surface area contributed by atoms with Crippen molar-refractivity contribution in [1.82, 2.24) is 4.90 Å². The van der Waals surface area contributed by atoms with Gasteiger partial charge in [0.1, 0.15) is 11.6 Å². The monoisotopic (exact) mass is 335 g/mol. The summed E-state index contributed by atoms with van der Waals surface area (Å²) in [5.74, 6) is 0.460. The van der Waals surface area contributed by atoms with Crippen LogP contribution in [0.1, 0.15) is 34.5 Å². The van der Waals surface area contributed by atoms with Gasteiger partial charge in [-0.25, -0.2) is 4.39 Å². The third kappa shape index (κ3) is 2.74. The fraction of sp³-hybridized carbons (Fsp3) is 0.190. The van der Waals surface area contributed by atoms with E-state index >= 15 is 0 Å². The first-order valence-electron chi connectivity index (χ1n) is 8.37. The number of furan rings is 1. The van der Waals surface area contributed by atoms with Gasteiger partial charge in [-0.1, -0.05) is 24.3 Å². The van der Waals surface area contributed by atoms with Gasteiger partial charge < -0.3 is 9.32 Å². The summed E-state index contributed by atoms with van der Waals surface area (Å²) in [4.78, 5) is 14.7. The van der Waals surface area contributed by atoms with E-state index in [1.807, 2.05) is 37.3 Å². The van der Waals surface area contributed by atoms with Crippen LogP contribution in [0.2, 0.25) is 0 Å². The molecule has 3 aromatic rings. The zero-order chi connectivity index (χ0) is 17.4. The molecule has 2 aromatic carbocycles. The van der Waals surface area contributed by atoms with E-state index in [4.69, 9.17) is 4.42 Å². The summed E-state index contributed by atoms with van der Waals surface area (Å²) in [5.41, 5.74) is 3.21. The Bertz CT molecular complexity index is 917. The average molecular weight is 335 g/mol. The van der Waals surface area contributed by atoms with E-state index in [0.29, 0.717) is 17.7 Å². The van der Waals surface area contributed by atoms with Gasteiger partial charge in [-0.3, -0.25) is 4.79 Å².